The Morgan fingerprint density at radius 2 is 1.74 bits per heavy atom. The van der Waals surface area contributed by atoms with Gasteiger partial charge in [-0.05, 0) is 65.7 Å². The van der Waals surface area contributed by atoms with Crippen molar-refractivity contribution >= 4 is 50.6 Å². The van der Waals surface area contributed by atoms with E-state index in [1.54, 1.807) is 24.3 Å². The summed E-state index contributed by atoms with van der Waals surface area (Å²) in [6, 6.07) is 21.2. The molecule has 0 aromatic heterocycles. The number of carbonyl (C=O) groups excluding carboxylic acids is 2. The lowest BCUT2D eigenvalue weighted by Crippen LogP contribution is -2.30. The molecule has 172 valence electrons. The number of benzene rings is 3. The summed E-state index contributed by atoms with van der Waals surface area (Å²) >= 11 is 4.34. The average molecular weight is 539 g/mol. The van der Waals surface area contributed by atoms with E-state index in [1.807, 2.05) is 42.5 Å². The van der Waals surface area contributed by atoms with Gasteiger partial charge in [-0.3, -0.25) is 24.6 Å². The van der Waals surface area contributed by atoms with Crippen molar-refractivity contribution in [3.63, 3.8) is 0 Å². The molecule has 2 amide bonds. The van der Waals surface area contributed by atoms with Gasteiger partial charge in [-0.2, -0.15) is 0 Å². The molecule has 0 atom stereocenters. The molecule has 1 aliphatic heterocycles. The second-order valence-electron chi connectivity index (χ2n) is 7.46. The molecule has 0 N–H and O–H groups in total. The van der Waals surface area contributed by atoms with E-state index in [0.717, 1.165) is 27.4 Å². The number of hydrogen-bond donors (Lipinski definition) is 0. The molecule has 1 saturated heterocycles. The quantitative estimate of drug-likeness (QED) is 0.192. The lowest BCUT2D eigenvalue weighted by Gasteiger charge is -2.12. The molecular weight excluding hydrogens is 520 g/mol. The number of nitro benzene ring substituents is 1. The minimum Gasteiger partial charge on any atom is -0.488 e. The van der Waals surface area contributed by atoms with Crippen LogP contribution in [-0.4, -0.2) is 27.5 Å². The van der Waals surface area contributed by atoms with Crippen LogP contribution in [0, 0.1) is 10.1 Å². The molecule has 0 bridgehead atoms. The van der Waals surface area contributed by atoms with Crippen molar-refractivity contribution in [1.29, 1.82) is 0 Å². The first-order valence-electron chi connectivity index (χ1n) is 10.4. The lowest BCUT2D eigenvalue weighted by atomic mass is 10.1. The Morgan fingerprint density at radius 1 is 1.00 bits per heavy atom. The number of carbonyl (C=O) groups is 2. The fourth-order valence-corrected chi connectivity index (χ4v) is 4.59. The van der Waals surface area contributed by atoms with E-state index in [2.05, 4.69) is 15.9 Å². The SMILES string of the molecule is O=C1S/C(=C\c2cc(Br)ccc2OCc2ccc([N+](=O)[O-])cc2)C(=O)N1CCc1ccccc1. The highest BCUT2D eigenvalue weighted by atomic mass is 79.9. The van der Waals surface area contributed by atoms with Crippen LogP contribution in [0.25, 0.3) is 6.08 Å². The fraction of sp³-hybridized carbons (Fsp3) is 0.120. The number of hydrogen-bond acceptors (Lipinski definition) is 6. The van der Waals surface area contributed by atoms with Gasteiger partial charge in [-0.15, -0.1) is 0 Å². The zero-order valence-corrected chi connectivity index (χ0v) is 20.3. The third kappa shape index (κ3) is 5.73. The normalized spacial score (nSPS) is 14.6. The molecule has 7 nitrogen and oxygen atoms in total. The first-order valence-corrected chi connectivity index (χ1v) is 12.0. The summed E-state index contributed by atoms with van der Waals surface area (Å²) in [5.41, 5.74) is 2.47. The van der Waals surface area contributed by atoms with Crippen molar-refractivity contribution in [3.05, 3.63) is 109 Å². The number of imide groups is 1. The molecule has 3 aromatic carbocycles. The van der Waals surface area contributed by atoms with Crippen LogP contribution in [0.5, 0.6) is 5.75 Å². The third-order valence-electron chi connectivity index (χ3n) is 5.14. The number of rotatable bonds is 8. The number of halogens is 1. The molecule has 0 saturated carbocycles. The molecular formula is C25H19BrN2O5S. The van der Waals surface area contributed by atoms with Crippen molar-refractivity contribution in [2.45, 2.75) is 13.0 Å². The highest BCUT2D eigenvalue weighted by molar-refractivity contribution is 9.10. The van der Waals surface area contributed by atoms with Crippen LogP contribution in [0.3, 0.4) is 0 Å². The van der Waals surface area contributed by atoms with Crippen molar-refractivity contribution in [2.24, 2.45) is 0 Å². The highest BCUT2D eigenvalue weighted by Gasteiger charge is 2.34. The van der Waals surface area contributed by atoms with Gasteiger partial charge < -0.3 is 4.74 Å². The second-order valence-corrected chi connectivity index (χ2v) is 9.37. The largest absolute Gasteiger partial charge is 0.488 e. The van der Waals surface area contributed by atoms with E-state index in [4.69, 9.17) is 4.74 Å². The van der Waals surface area contributed by atoms with Gasteiger partial charge in [-0.25, -0.2) is 0 Å². The van der Waals surface area contributed by atoms with Gasteiger partial charge in [0.05, 0.1) is 9.83 Å². The zero-order valence-electron chi connectivity index (χ0n) is 17.8. The summed E-state index contributed by atoms with van der Waals surface area (Å²) in [5.74, 6) is 0.199. The Kier molecular flexibility index (Phi) is 7.44. The molecule has 0 spiro atoms. The summed E-state index contributed by atoms with van der Waals surface area (Å²) in [4.78, 5) is 37.4. The van der Waals surface area contributed by atoms with Gasteiger partial charge in [0.2, 0.25) is 0 Å². The minimum absolute atomic E-state index is 0.0103. The lowest BCUT2D eigenvalue weighted by molar-refractivity contribution is -0.384. The van der Waals surface area contributed by atoms with Gasteiger partial charge in [-0.1, -0.05) is 46.3 Å². The summed E-state index contributed by atoms with van der Waals surface area (Å²) in [6.45, 7) is 0.507. The van der Waals surface area contributed by atoms with Crippen LogP contribution in [0.4, 0.5) is 10.5 Å². The molecule has 1 fully saturated rings. The minimum atomic E-state index is -0.454. The van der Waals surface area contributed by atoms with Crippen LogP contribution in [-0.2, 0) is 17.8 Å². The smallest absolute Gasteiger partial charge is 0.293 e. The zero-order chi connectivity index (χ0) is 24.1. The Morgan fingerprint density at radius 3 is 2.44 bits per heavy atom. The molecule has 4 rings (SSSR count). The maximum atomic E-state index is 12.9. The van der Waals surface area contributed by atoms with Gasteiger partial charge in [0.25, 0.3) is 16.8 Å². The van der Waals surface area contributed by atoms with E-state index >= 15 is 0 Å². The Bertz CT molecular complexity index is 1260. The Hall–Kier alpha value is -3.43. The molecule has 1 aliphatic rings. The first kappa shape index (κ1) is 23.7. The second kappa shape index (κ2) is 10.7. The number of nitro groups is 1. The van der Waals surface area contributed by atoms with Gasteiger partial charge in [0.1, 0.15) is 12.4 Å². The Labute approximate surface area is 208 Å². The maximum absolute atomic E-state index is 12.9. The predicted octanol–water partition coefficient (Wildman–Crippen LogP) is 6.22. The van der Waals surface area contributed by atoms with Crippen molar-refractivity contribution in [2.75, 3.05) is 6.54 Å². The maximum Gasteiger partial charge on any atom is 0.293 e. The van der Waals surface area contributed by atoms with Crippen molar-refractivity contribution in [1.82, 2.24) is 4.90 Å². The molecule has 0 unspecified atom stereocenters. The number of nitrogens with zero attached hydrogens (tertiary/aromatic N) is 2. The molecule has 1 heterocycles. The van der Waals surface area contributed by atoms with Crippen LogP contribution < -0.4 is 4.74 Å². The van der Waals surface area contributed by atoms with Crippen molar-refractivity contribution in [3.8, 4) is 5.75 Å². The van der Waals surface area contributed by atoms with E-state index in [1.165, 1.54) is 17.0 Å². The van der Waals surface area contributed by atoms with Crippen molar-refractivity contribution < 1.29 is 19.2 Å². The summed E-state index contributed by atoms with van der Waals surface area (Å²) in [7, 11) is 0. The van der Waals surface area contributed by atoms with Crippen LogP contribution in [0.1, 0.15) is 16.7 Å². The van der Waals surface area contributed by atoms with Gasteiger partial charge in [0.15, 0.2) is 0 Å². The van der Waals surface area contributed by atoms with Crippen LogP contribution >= 0.6 is 27.7 Å². The Balaban J connectivity index is 1.48. The number of amides is 2. The standard InChI is InChI=1S/C25H19BrN2O5S/c26-20-8-11-22(33-16-18-6-9-21(10-7-18)28(31)32)19(14-20)15-23-24(29)27(25(30)34-23)13-12-17-4-2-1-3-5-17/h1-11,14-15H,12-13,16H2/b23-15-. The first-order chi connectivity index (χ1) is 16.4. The average Bonchev–Trinajstić information content (AvgIpc) is 3.10. The molecule has 34 heavy (non-hydrogen) atoms. The molecule has 0 radical (unpaired) electrons. The summed E-state index contributed by atoms with van der Waals surface area (Å²) in [5, 5.41) is 10.5. The molecule has 9 heteroatoms. The van der Waals surface area contributed by atoms with Crippen LogP contribution in [0.15, 0.2) is 82.2 Å². The predicted molar refractivity (Wildman–Crippen MR) is 134 cm³/mol. The number of ether oxygens (including phenoxy) is 1. The van der Waals surface area contributed by atoms with E-state index in [0.29, 0.717) is 29.2 Å². The van der Waals surface area contributed by atoms with Crippen LogP contribution in [0.2, 0.25) is 0 Å². The molecule has 3 aromatic rings. The topological polar surface area (TPSA) is 89.7 Å². The van der Waals surface area contributed by atoms with E-state index in [9.17, 15) is 19.7 Å². The van der Waals surface area contributed by atoms with E-state index < -0.39 is 4.92 Å². The molecule has 0 aliphatic carbocycles. The third-order valence-corrected chi connectivity index (χ3v) is 6.54. The fourth-order valence-electron chi connectivity index (χ4n) is 3.36. The number of non-ortho nitro benzene ring substituents is 1. The van der Waals surface area contributed by atoms with Gasteiger partial charge >= 0.3 is 0 Å². The van der Waals surface area contributed by atoms with E-state index in [-0.39, 0.29) is 23.4 Å². The highest BCUT2D eigenvalue weighted by Crippen LogP contribution is 2.35. The van der Waals surface area contributed by atoms with Gasteiger partial charge in [0, 0.05) is 28.7 Å². The summed E-state index contributed by atoms with van der Waals surface area (Å²) < 4.78 is 6.72. The monoisotopic (exact) mass is 538 g/mol. The number of thioether (sulfide) groups is 1. The summed E-state index contributed by atoms with van der Waals surface area (Å²) in [6.07, 6.45) is 2.25.